The number of nitrogens with zero attached hydrogens (tertiary/aromatic N) is 4. The Morgan fingerprint density at radius 1 is 1.12 bits per heavy atom. The summed E-state index contributed by atoms with van der Waals surface area (Å²) in [5.74, 6) is 1.47. The van der Waals surface area contributed by atoms with Crippen molar-refractivity contribution in [3.8, 4) is 11.4 Å². The van der Waals surface area contributed by atoms with Crippen molar-refractivity contribution in [2.45, 2.75) is 18.1 Å². The Morgan fingerprint density at radius 3 is 2.68 bits per heavy atom. The quantitative estimate of drug-likeness (QED) is 0.661. The van der Waals surface area contributed by atoms with Crippen LogP contribution in [0.4, 0.5) is 0 Å². The van der Waals surface area contributed by atoms with E-state index in [1.807, 2.05) is 60.1 Å². The molecule has 7 heteroatoms. The lowest BCUT2D eigenvalue weighted by atomic mass is 10.2. The predicted molar refractivity (Wildman–Crippen MR) is 97.9 cm³/mol. The Kier molecular flexibility index (Phi) is 5.79. The maximum absolute atomic E-state index is 11.9. The highest BCUT2D eigenvalue weighted by Gasteiger charge is 2.11. The minimum Gasteiger partial charge on any atom is -0.350 e. The maximum Gasteiger partial charge on any atom is 0.221 e. The number of rotatable bonds is 7. The van der Waals surface area contributed by atoms with E-state index in [0.717, 1.165) is 22.2 Å². The van der Waals surface area contributed by atoms with Gasteiger partial charge in [0.1, 0.15) is 0 Å². The lowest BCUT2D eigenvalue weighted by Crippen LogP contribution is -2.23. The third kappa shape index (κ3) is 4.67. The fourth-order valence-corrected chi connectivity index (χ4v) is 3.14. The molecule has 1 amide bonds. The van der Waals surface area contributed by atoms with Gasteiger partial charge < -0.3 is 9.88 Å². The van der Waals surface area contributed by atoms with Crippen LogP contribution in [0.25, 0.3) is 11.4 Å². The molecule has 0 fully saturated rings. The number of pyridine rings is 1. The van der Waals surface area contributed by atoms with E-state index in [2.05, 4.69) is 20.5 Å². The van der Waals surface area contributed by atoms with E-state index < -0.39 is 0 Å². The smallest absolute Gasteiger partial charge is 0.221 e. The highest BCUT2D eigenvalue weighted by atomic mass is 32.2. The van der Waals surface area contributed by atoms with Crippen LogP contribution in [-0.4, -0.2) is 31.4 Å². The summed E-state index contributed by atoms with van der Waals surface area (Å²) in [6.07, 6.45) is 2.14. The van der Waals surface area contributed by atoms with Gasteiger partial charge in [0, 0.05) is 31.0 Å². The van der Waals surface area contributed by atoms with Gasteiger partial charge in [-0.2, -0.15) is 0 Å². The molecule has 0 radical (unpaired) electrons. The van der Waals surface area contributed by atoms with Crippen LogP contribution in [0.3, 0.4) is 0 Å². The van der Waals surface area contributed by atoms with Crippen LogP contribution in [0, 0.1) is 0 Å². The average Bonchev–Trinajstić information content (AvgIpc) is 3.02. The molecule has 0 saturated heterocycles. The van der Waals surface area contributed by atoms with Crippen molar-refractivity contribution in [3.05, 3.63) is 60.4 Å². The predicted octanol–water partition coefficient (Wildman–Crippen LogP) is 2.68. The summed E-state index contributed by atoms with van der Waals surface area (Å²) in [5.41, 5.74) is 1.88. The van der Waals surface area contributed by atoms with E-state index in [1.165, 1.54) is 11.8 Å². The Labute approximate surface area is 150 Å². The van der Waals surface area contributed by atoms with Crippen molar-refractivity contribution >= 4 is 17.7 Å². The molecule has 0 aliphatic carbocycles. The number of carbonyl (C=O) groups is 1. The second-order valence-corrected chi connectivity index (χ2v) is 6.49. The van der Waals surface area contributed by atoms with Crippen LogP contribution < -0.4 is 5.32 Å². The van der Waals surface area contributed by atoms with Gasteiger partial charge in [0.15, 0.2) is 11.0 Å². The number of hydrogen-bond donors (Lipinski definition) is 1. The molecule has 1 N–H and O–H groups in total. The second kappa shape index (κ2) is 8.43. The Morgan fingerprint density at radius 2 is 1.92 bits per heavy atom. The lowest BCUT2D eigenvalue weighted by molar-refractivity contribution is -0.120. The van der Waals surface area contributed by atoms with Gasteiger partial charge >= 0.3 is 0 Å². The molecule has 0 bridgehead atoms. The number of thioether (sulfide) groups is 1. The molecule has 3 aromatic rings. The fraction of sp³-hybridized carbons (Fsp3) is 0.222. The molecule has 6 nitrogen and oxygen atoms in total. The molecule has 0 aliphatic heterocycles. The Balaban J connectivity index is 1.48. The van der Waals surface area contributed by atoms with E-state index >= 15 is 0 Å². The monoisotopic (exact) mass is 353 g/mol. The first kappa shape index (κ1) is 17.2. The van der Waals surface area contributed by atoms with E-state index in [1.54, 1.807) is 6.20 Å². The van der Waals surface area contributed by atoms with E-state index in [9.17, 15) is 4.79 Å². The molecule has 0 aliphatic rings. The number of aromatic nitrogens is 4. The third-order valence-corrected chi connectivity index (χ3v) is 4.64. The zero-order valence-electron chi connectivity index (χ0n) is 13.9. The van der Waals surface area contributed by atoms with Gasteiger partial charge in [-0.25, -0.2) is 0 Å². The van der Waals surface area contributed by atoms with Crippen molar-refractivity contribution in [3.63, 3.8) is 0 Å². The van der Waals surface area contributed by atoms with Crippen LogP contribution in [0.1, 0.15) is 12.1 Å². The Hall–Kier alpha value is -2.67. The zero-order valence-corrected chi connectivity index (χ0v) is 14.7. The third-order valence-electron chi connectivity index (χ3n) is 3.62. The molecule has 0 spiro atoms. The summed E-state index contributed by atoms with van der Waals surface area (Å²) in [4.78, 5) is 16.1. The standard InChI is InChI=1S/C18H19N5OS/c1-23-17(14-7-3-2-4-8-14)21-22-18(23)25-12-10-16(24)20-13-15-9-5-6-11-19-15/h2-9,11H,10,12-13H2,1H3,(H,20,24). The van der Waals surface area contributed by atoms with Gasteiger partial charge in [-0.3, -0.25) is 9.78 Å². The highest BCUT2D eigenvalue weighted by Crippen LogP contribution is 2.22. The van der Waals surface area contributed by atoms with Gasteiger partial charge in [0.05, 0.1) is 12.2 Å². The van der Waals surface area contributed by atoms with Gasteiger partial charge in [-0.05, 0) is 12.1 Å². The number of amides is 1. The molecule has 0 atom stereocenters. The highest BCUT2D eigenvalue weighted by molar-refractivity contribution is 7.99. The van der Waals surface area contributed by atoms with Crippen LogP contribution in [0.2, 0.25) is 0 Å². The fourth-order valence-electron chi connectivity index (χ4n) is 2.29. The summed E-state index contributed by atoms with van der Waals surface area (Å²) in [5, 5.41) is 12.1. The first-order chi connectivity index (χ1) is 12.2. The topological polar surface area (TPSA) is 72.7 Å². The van der Waals surface area contributed by atoms with Crippen molar-refractivity contribution in [2.75, 3.05) is 5.75 Å². The molecule has 2 aromatic heterocycles. The van der Waals surface area contributed by atoms with Crippen molar-refractivity contribution in [1.29, 1.82) is 0 Å². The summed E-state index contributed by atoms with van der Waals surface area (Å²) < 4.78 is 1.95. The first-order valence-electron chi connectivity index (χ1n) is 7.98. The molecule has 2 heterocycles. The van der Waals surface area contributed by atoms with E-state index in [0.29, 0.717) is 18.7 Å². The minimum atomic E-state index is 0.00334. The minimum absolute atomic E-state index is 0.00334. The largest absolute Gasteiger partial charge is 0.350 e. The lowest BCUT2D eigenvalue weighted by Gasteiger charge is -2.05. The van der Waals surface area contributed by atoms with Crippen molar-refractivity contribution < 1.29 is 4.79 Å². The number of nitrogens with one attached hydrogen (secondary N) is 1. The molecule has 0 saturated carbocycles. The SMILES string of the molecule is Cn1c(SCCC(=O)NCc2ccccn2)nnc1-c1ccccc1. The summed E-state index contributed by atoms with van der Waals surface area (Å²) in [6, 6.07) is 15.6. The summed E-state index contributed by atoms with van der Waals surface area (Å²) in [6.45, 7) is 0.451. The molecule has 3 rings (SSSR count). The van der Waals surface area contributed by atoms with Gasteiger partial charge in [-0.15, -0.1) is 10.2 Å². The number of hydrogen-bond acceptors (Lipinski definition) is 5. The Bertz CT molecular complexity index is 820. The summed E-state index contributed by atoms with van der Waals surface area (Å²) >= 11 is 1.53. The second-order valence-electron chi connectivity index (χ2n) is 5.43. The van der Waals surface area contributed by atoms with Crippen LogP contribution in [0.5, 0.6) is 0 Å². The molecular formula is C18H19N5OS. The number of benzene rings is 1. The van der Waals surface area contributed by atoms with Gasteiger partial charge in [0.2, 0.25) is 5.91 Å². The molecule has 1 aromatic carbocycles. The molecular weight excluding hydrogens is 334 g/mol. The molecule has 25 heavy (non-hydrogen) atoms. The van der Waals surface area contributed by atoms with Gasteiger partial charge in [-0.1, -0.05) is 48.2 Å². The van der Waals surface area contributed by atoms with Crippen LogP contribution in [-0.2, 0) is 18.4 Å². The van der Waals surface area contributed by atoms with Crippen LogP contribution >= 0.6 is 11.8 Å². The summed E-state index contributed by atoms with van der Waals surface area (Å²) in [7, 11) is 1.94. The normalized spacial score (nSPS) is 10.6. The molecule has 128 valence electrons. The zero-order chi connectivity index (χ0) is 17.5. The van der Waals surface area contributed by atoms with E-state index in [-0.39, 0.29) is 5.91 Å². The maximum atomic E-state index is 11.9. The number of carbonyl (C=O) groups excluding carboxylic acids is 1. The van der Waals surface area contributed by atoms with Crippen molar-refractivity contribution in [1.82, 2.24) is 25.1 Å². The first-order valence-corrected chi connectivity index (χ1v) is 8.97. The average molecular weight is 353 g/mol. The van der Waals surface area contributed by atoms with E-state index in [4.69, 9.17) is 0 Å². The van der Waals surface area contributed by atoms with Gasteiger partial charge in [0.25, 0.3) is 0 Å². The van der Waals surface area contributed by atoms with Crippen molar-refractivity contribution in [2.24, 2.45) is 7.05 Å². The molecule has 0 unspecified atom stereocenters. The van der Waals surface area contributed by atoms with Crippen LogP contribution in [0.15, 0.2) is 59.9 Å².